The lowest BCUT2D eigenvalue weighted by molar-refractivity contribution is 0.797. The normalized spacial score (nSPS) is 10.1. The summed E-state index contributed by atoms with van der Waals surface area (Å²) in [7, 11) is 0. The summed E-state index contributed by atoms with van der Waals surface area (Å²) in [5.41, 5.74) is 2.92. The third-order valence-electron chi connectivity index (χ3n) is 3.34. The van der Waals surface area contributed by atoms with Gasteiger partial charge in [-0.25, -0.2) is 9.97 Å². The number of hydrogen-bond acceptors (Lipinski definition) is 4. The average molecular weight is 289 g/mol. The number of nitrogens with zero attached hydrogens (tertiary/aromatic N) is 4. The first kappa shape index (κ1) is 13.8. The topological polar surface area (TPSA) is 66.5 Å². The Labute approximate surface area is 128 Å². The smallest absolute Gasteiger partial charge is 0.144 e. The van der Waals surface area contributed by atoms with Gasteiger partial charge in [0.25, 0.3) is 0 Å². The molecule has 108 valence electrons. The minimum atomic E-state index is 0.555. The van der Waals surface area contributed by atoms with Gasteiger partial charge in [-0.15, -0.1) is 0 Å². The quantitative estimate of drug-likeness (QED) is 0.784. The van der Waals surface area contributed by atoms with Crippen LogP contribution in [0.25, 0.3) is 0 Å². The zero-order valence-electron chi connectivity index (χ0n) is 12.0. The lowest BCUT2D eigenvalue weighted by Crippen LogP contribution is -2.03. The van der Waals surface area contributed by atoms with Crippen molar-refractivity contribution in [1.29, 1.82) is 5.26 Å². The summed E-state index contributed by atoms with van der Waals surface area (Å²) in [4.78, 5) is 8.22. The van der Waals surface area contributed by atoms with Crippen LogP contribution in [-0.4, -0.2) is 14.5 Å². The molecule has 0 unspecified atom stereocenters. The third-order valence-corrected chi connectivity index (χ3v) is 3.34. The van der Waals surface area contributed by atoms with Gasteiger partial charge in [0.1, 0.15) is 11.9 Å². The van der Waals surface area contributed by atoms with Gasteiger partial charge in [0, 0.05) is 31.7 Å². The van der Waals surface area contributed by atoms with Crippen LogP contribution in [0.5, 0.6) is 0 Å². The maximum Gasteiger partial charge on any atom is 0.144 e. The van der Waals surface area contributed by atoms with E-state index in [1.807, 2.05) is 10.8 Å². The molecule has 2 aromatic heterocycles. The summed E-state index contributed by atoms with van der Waals surface area (Å²) in [5.74, 6) is 0.618. The van der Waals surface area contributed by atoms with E-state index in [0.29, 0.717) is 17.9 Å². The highest BCUT2D eigenvalue weighted by Gasteiger charge is 2.02. The molecule has 0 saturated carbocycles. The predicted molar refractivity (Wildman–Crippen MR) is 84.0 cm³/mol. The Balaban J connectivity index is 1.63. The second kappa shape index (κ2) is 6.55. The number of pyridine rings is 1. The van der Waals surface area contributed by atoms with Gasteiger partial charge in [0.2, 0.25) is 0 Å². The summed E-state index contributed by atoms with van der Waals surface area (Å²) in [6.07, 6.45) is 7.20. The number of nitrogens with one attached hydrogen (secondary N) is 1. The van der Waals surface area contributed by atoms with Gasteiger partial charge in [-0.1, -0.05) is 24.3 Å². The maximum absolute atomic E-state index is 9.04. The molecule has 5 nitrogen and oxygen atoms in total. The van der Waals surface area contributed by atoms with E-state index < -0.39 is 0 Å². The van der Waals surface area contributed by atoms with Crippen LogP contribution in [0.4, 0.5) is 5.82 Å². The van der Waals surface area contributed by atoms with Crippen molar-refractivity contribution in [3.63, 3.8) is 0 Å². The minimum Gasteiger partial charge on any atom is -0.365 e. The van der Waals surface area contributed by atoms with Gasteiger partial charge in [0.05, 0.1) is 11.9 Å². The molecular formula is C17H15N5. The fraction of sp³-hybridized carbons (Fsp3) is 0.118. The standard InChI is InChI=1S/C17H15N5/c18-10-16-2-1-7-20-17(16)21-11-14-3-5-15(6-4-14)12-22-9-8-19-13-22/h1-9,13H,11-12H2,(H,20,21). The van der Waals surface area contributed by atoms with Crippen LogP contribution >= 0.6 is 0 Å². The molecule has 0 radical (unpaired) electrons. The van der Waals surface area contributed by atoms with Gasteiger partial charge in [-0.05, 0) is 23.3 Å². The van der Waals surface area contributed by atoms with Crippen LogP contribution < -0.4 is 5.32 Å². The first-order valence-corrected chi connectivity index (χ1v) is 6.98. The van der Waals surface area contributed by atoms with E-state index in [1.165, 1.54) is 5.56 Å². The summed E-state index contributed by atoms with van der Waals surface area (Å²) in [6.45, 7) is 1.45. The monoisotopic (exact) mass is 289 g/mol. The van der Waals surface area contributed by atoms with Gasteiger partial charge >= 0.3 is 0 Å². The molecule has 3 rings (SSSR count). The molecule has 1 N–H and O–H groups in total. The molecule has 0 aliphatic carbocycles. The first-order valence-electron chi connectivity index (χ1n) is 6.98. The Hall–Kier alpha value is -3.13. The number of benzene rings is 1. The highest BCUT2D eigenvalue weighted by molar-refractivity contribution is 5.51. The van der Waals surface area contributed by atoms with Crippen molar-refractivity contribution in [2.45, 2.75) is 13.1 Å². The van der Waals surface area contributed by atoms with E-state index in [9.17, 15) is 0 Å². The Morgan fingerprint density at radius 2 is 1.91 bits per heavy atom. The molecule has 3 aromatic rings. The Morgan fingerprint density at radius 1 is 1.09 bits per heavy atom. The largest absolute Gasteiger partial charge is 0.365 e. The van der Waals surface area contributed by atoms with Crippen LogP contribution in [0, 0.1) is 11.3 Å². The number of anilines is 1. The van der Waals surface area contributed by atoms with Crippen LogP contribution in [0.1, 0.15) is 16.7 Å². The SMILES string of the molecule is N#Cc1cccnc1NCc1ccc(Cn2ccnc2)cc1. The van der Waals surface area contributed by atoms with Crippen molar-refractivity contribution in [3.05, 3.63) is 78.0 Å². The lowest BCUT2D eigenvalue weighted by atomic mass is 10.1. The number of rotatable bonds is 5. The molecule has 0 amide bonds. The van der Waals surface area contributed by atoms with Crippen molar-refractivity contribution >= 4 is 5.82 Å². The Bertz CT molecular complexity index is 770. The molecule has 5 heteroatoms. The van der Waals surface area contributed by atoms with E-state index in [-0.39, 0.29) is 0 Å². The summed E-state index contributed by atoms with van der Waals surface area (Å²) >= 11 is 0. The Morgan fingerprint density at radius 3 is 2.64 bits per heavy atom. The number of imidazole rings is 1. The fourth-order valence-corrected chi connectivity index (χ4v) is 2.18. The first-order chi connectivity index (χ1) is 10.8. The minimum absolute atomic E-state index is 0.555. The molecule has 0 bridgehead atoms. The summed E-state index contributed by atoms with van der Waals surface area (Å²) in [5, 5.41) is 12.2. The highest BCUT2D eigenvalue weighted by Crippen LogP contribution is 2.12. The zero-order valence-corrected chi connectivity index (χ0v) is 12.0. The van der Waals surface area contributed by atoms with E-state index in [4.69, 9.17) is 5.26 Å². The number of aromatic nitrogens is 3. The molecule has 0 saturated heterocycles. The molecule has 0 fully saturated rings. The summed E-state index contributed by atoms with van der Waals surface area (Å²) in [6, 6.07) is 14.0. The van der Waals surface area contributed by atoms with Gasteiger partial charge in [-0.2, -0.15) is 5.26 Å². The molecule has 0 aliphatic heterocycles. The number of nitriles is 1. The van der Waals surface area contributed by atoms with Crippen molar-refractivity contribution < 1.29 is 0 Å². The molecule has 0 spiro atoms. The molecule has 2 heterocycles. The second-order valence-electron chi connectivity index (χ2n) is 4.92. The van der Waals surface area contributed by atoms with Crippen LogP contribution in [0.2, 0.25) is 0 Å². The predicted octanol–water partition coefficient (Wildman–Crippen LogP) is 2.81. The molecule has 22 heavy (non-hydrogen) atoms. The highest BCUT2D eigenvalue weighted by atomic mass is 15.0. The van der Waals surface area contributed by atoms with E-state index >= 15 is 0 Å². The van der Waals surface area contributed by atoms with Crippen LogP contribution in [-0.2, 0) is 13.1 Å². The van der Waals surface area contributed by atoms with Crippen LogP contribution in [0.15, 0.2) is 61.3 Å². The average Bonchev–Trinajstić information content (AvgIpc) is 3.07. The van der Waals surface area contributed by atoms with Crippen LogP contribution in [0.3, 0.4) is 0 Å². The third kappa shape index (κ3) is 3.30. The molecule has 0 aliphatic rings. The Kier molecular flexibility index (Phi) is 4.12. The van der Waals surface area contributed by atoms with E-state index in [0.717, 1.165) is 12.1 Å². The number of hydrogen-bond donors (Lipinski definition) is 1. The second-order valence-corrected chi connectivity index (χ2v) is 4.92. The molecular weight excluding hydrogens is 274 g/mol. The summed E-state index contributed by atoms with van der Waals surface area (Å²) < 4.78 is 2.03. The van der Waals surface area contributed by atoms with Crippen molar-refractivity contribution in [2.24, 2.45) is 0 Å². The van der Waals surface area contributed by atoms with Gasteiger partial charge in [-0.3, -0.25) is 0 Å². The maximum atomic E-state index is 9.04. The van der Waals surface area contributed by atoms with Crippen molar-refractivity contribution in [2.75, 3.05) is 5.32 Å². The fourth-order valence-electron chi connectivity index (χ4n) is 2.18. The lowest BCUT2D eigenvalue weighted by Gasteiger charge is -2.08. The van der Waals surface area contributed by atoms with Crippen molar-refractivity contribution in [3.8, 4) is 6.07 Å². The van der Waals surface area contributed by atoms with Gasteiger partial charge < -0.3 is 9.88 Å². The van der Waals surface area contributed by atoms with E-state index in [2.05, 4.69) is 45.6 Å². The van der Waals surface area contributed by atoms with Crippen molar-refractivity contribution in [1.82, 2.24) is 14.5 Å². The molecule has 0 atom stereocenters. The zero-order chi connectivity index (χ0) is 15.2. The van der Waals surface area contributed by atoms with Gasteiger partial charge in [0.15, 0.2) is 0 Å². The molecule has 1 aromatic carbocycles. The van der Waals surface area contributed by atoms with E-state index in [1.54, 1.807) is 30.9 Å².